The van der Waals surface area contributed by atoms with Gasteiger partial charge in [-0.05, 0) is 35.9 Å². The van der Waals surface area contributed by atoms with Crippen molar-refractivity contribution in [3.63, 3.8) is 0 Å². The molecule has 1 heterocycles. The average molecular weight is 329 g/mol. The molecule has 0 fully saturated rings. The molecule has 0 aliphatic heterocycles. The van der Waals surface area contributed by atoms with Crippen LogP contribution in [-0.4, -0.2) is 4.57 Å². The summed E-state index contributed by atoms with van der Waals surface area (Å²) >= 11 is 12.1. The highest BCUT2D eigenvalue weighted by Crippen LogP contribution is 2.28. The number of nitrogens with zero attached hydrogens (tertiary/aromatic N) is 2. The molecule has 1 aromatic heterocycles. The first-order chi connectivity index (χ1) is 10.6. The number of aromatic nitrogens is 1. The smallest absolute Gasteiger partial charge is 0.258 e. The van der Waals surface area contributed by atoms with Crippen molar-refractivity contribution in [2.75, 3.05) is 0 Å². The van der Waals surface area contributed by atoms with Gasteiger partial charge in [-0.1, -0.05) is 35.3 Å². The molecular formula is C17H10Cl2N2O. The summed E-state index contributed by atoms with van der Waals surface area (Å²) in [6.07, 6.45) is 1.69. The molecule has 0 aliphatic carbocycles. The van der Waals surface area contributed by atoms with E-state index < -0.39 is 0 Å². The molecule has 0 spiro atoms. The quantitative estimate of drug-likeness (QED) is 0.706. The van der Waals surface area contributed by atoms with Gasteiger partial charge in [0.2, 0.25) is 0 Å². The van der Waals surface area contributed by atoms with E-state index >= 15 is 0 Å². The molecule has 3 nitrogen and oxygen atoms in total. The van der Waals surface area contributed by atoms with Crippen molar-refractivity contribution in [1.29, 1.82) is 5.26 Å². The van der Waals surface area contributed by atoms with Crippen molar-refractivity contribution >= 4 is 34.0 Å². The van der Waals surface area contributed by atoms with E-state index in [1.54, 1.807) is 47.2 Å². The van der Waals surface area contributed by atoms with Crippen molar-refractivity contribution in [1.82, 2.24) is 4.57 Å². The van der Waals surface area contributed by atoms with Crippen LogP contribution >= 0.6 is 23.2 Å². The molecule has 0 atom stereocenters. The van der Waals surface area contributed by atoms with Gasteiger partial charge < -0.3 is 4.57 Å². The highest BCUT2D eigenvalue weighted by molar-refractivity contribution is 6.45. The van der Waals surface area contributed by atoms with Crippen molar-refractivity contribution in [3.8, 4) is 6.07 Å². The van der Waals surface area contributed by atoms with E-state index in [4.69, 9.17) is 28.5 Å². The summed E-state index contributed by atoms with van der Waals surface area (Å²) in [5, 5.41) is 10.9. The van der Waals surface area contributed by atoms with Crippen LogP contribution in [0, 0.1) is 11.3 Å². The van der Waals surface area contributed by atoms with Crippen molar-refractivity contribution < 1.29 is 0 Å². The van der Waals surface area contributed by atoms with E-state index in [1.807, 2.05) is 6.07 Å². The second kappa shape index (κ2) is 5.84. The van der Waals surface area contributed by atoms with Gasteiger partial charge in [-0.2, -0.15) is 5.26 Å². The lowest BCUT2D eigenvalue weighted by Gasteiger charge is -2.09. The molecule has 0 saturated carbocycles. The molecule has 0 unspecified atom stereocenters. The second-order valence-electron chi connectivity index (χ2n) is 4.88. The minimum atomic E-state index is -0.140. The zero-order chi connectivity index (χ0) is 15.7. The molecule has 22 heavy (non-hydrogen) atoms. The fourth-order valence-electron chi connectivity index (χ4n) is 2.36. The number of halogens is 2. The summed E-state index contributed by atoms with van der Waals surface area (Å²) in [4.78, 5) is 12.5. The van der Waals surface area contributed by atoms with Crippen LogP contribution in [0.15, 0.2) is 53.5 Å². The molecule has 3 rings (SSSR count). The number of hydrogen-bond donors (Lipinski definition) is 0. The van der Waals surface area contributed by atoms with Gasteiger partial charge in [-0.15, -0.1) is 0 Å². The van der Waals surface area contributed by atoms with Gasteiger partial charge in [0.15, 0.2) is 0 Å². The molecule has 5 heteroatoms. The highest BCUT2D eigenvalue weighted by atomic mass is 35.5. The molecule has 108 valence electrons. The predicted molar refractivity (Wildman–Crippen MR) is 88.5 cm³/mol. The highest BCUT2D eigenvalue weighted by Gasteiger charge is 2.09. The Morgan fingerprint density at radius 2 is 1.91 bits per heavy atom. The van der Waals surface area contributed by atoms with E-state index in [1.165, 1.54) is 0 Å². The Kier molecular flexibility index (Phi) is 3.89. The Hall–Kier alpha value is -2.28. The Morgan fingerprint density at radius 3 is 2.68 bits per heavy atom. The van der Waals surface area contributed by atoms with E-state index in [0.29, 0.717) is 32.9 Å². The van der Waals surface area contributed by atoms with Gasteiger partial charge in [0.1, 0.15) is 0 Å². The average Bonchev–Trinajstić information content (AvgIpc) is 2.54. The maximum atomic E-state index is 12.5. The van der Waals surface area contributed by atoms with Crippen molar-refractivity contribution in [2.24, 2.45) is 0 Å². The Morgan fingerprint density at radius 1 is 1.09 bits per heavy atom. The zero-order valence-electron chi connectivity index (χ0n) is 11.4. The van der Waals surface area contributed by atoms with Crippen LogP contribution in [0.5, 0.6) is 0 Å². The third-order valence-corrected chi connectivity index (χ3v) is 4.27. The molecule has 2 aromatic carbocycles. The lowest BCUT2D eigenvalue weighted by Crippen LogP contribution is -2.20. The van der Waals surface area contributed by atoms with Crippen LogP contribution in [-0.2, 0) is 6.54 Å². The molecule has 3 aromatic rings. The van der Waals surface area contributed by atoms with Crippen LogP contribution < -0.4 is 5.56 Å². The van der Waals surface area contributed by atoms with Crippen molar-refractivity contribution in [2.45, 2.75) is 6.54 Å². The Bertz CT molecular complexity index is 971. The molecule has 0 bridgehead atoms. The Labute approximate surface area is 136 Å². The van der Waals surface area contributed by atoms with Crippen LogP contribution in [0.25, 0.3) is 10.8 Å². The Balaban J connectivity index is 2.09. The number of pyridine rings is 1. The maximum absolute atomic E-state index is 12.5. The number of hydrogen-bond acceptors (Lipinski definition) is 2. The summed E-state index contributed by atoms with van der Waals surface area (Å²) in [7, 11) is 0. The first-order valence-electron chi connectivity index (χ1n) is 6.56. The summed E-state index contributed by atoms with van der Waals surface area (Å²) in [5.74, 6) is 0. The summed E-state index contributed by atoms with van der Waals surface area (Å²) in [6.45, 7) is 0.393. The largest absolute Gasteiger partial charge is 0.311 e. The standard InChI is InChI=1S/C17H10Cl2N2O/c18-15-5-4-14-13(16(15)19)6-7-21(17(14)22)10-12-3-1-2-11(8-12)9-20/h1-8H,10H2. The molecule has 0 saturated heterocycles. The van der Waals surface area contributed by atoms with Gasteiger partial charge in [-0.25, -0.2) is 0 Å². The molecule has 0 N–H and O–H groups in total. The first-order valence-corrected chi connectivity index (χ1v) is 7.32. The summed E-state index contributed by atoms with van der Waals surface area (Å²) in [6, 6.07) is 14.3. The van der Waals surface area contributed by atoms with Crippen LogP contribution in [0.1, 0.15) is 11.1 Å². The number of nitriles is 1. The van der Waals surface area contributed by atoms with Gasteiger partial charge in [0, 0.05) is 17.0 Å². The van der Waals surface area contributed by atoms with Gasteiger partial charge in [0.25, 0.3) is 5.56 Å². The SMILES string of the molecule is N#Cc1cccc(Cn2ccc3c(Cl)c(Cl)ccc3c2=O)c1. The third-order valence-electron chi connectivity index (χ3n) is 3.45. The van der Waals surface area contributed by atoms with E-state index in [0.717, 1.165) is 5.56 Å². The summed E-state index contributed by atoms with van der Waals surface area (Å²) in [5.41, 5.74) is 1.32. The van der Waals surface area contributed by atoms with Crippen LogP contribution in [0.2, 0.25) is 10.0 Å². The molecule has 0 aliphatic rings. The second-order valence-corrected chi connectivity index (χ2v) is 5.67. The van der Waals surface area contributed by atoms with Crippen LogP contribution in [0.3, 0.4) is 0 Å². The third kappa shape index (κ3) is 2.59. The molecular weight excluding hydrogens is 319 g/mol. The number of rotatable bonds is 2. The molecule has 0 radical (unpaired) electrons. The van der Waals surface area contributed by atoms with Gasteiger partial charge in [-0.3, -0.25) is 4.79 Å². The maximum Gasteiger partial charge on any atom is 0.258 e. The lowest BCUT2D eigenvalue weighted by atomic mass is 10.1. The minimum Gasteiger partial charge on any atom is -0.311 e. The van der Waals surface area contributed by atoms with Crippen molar-refractivity contribution in [3.05, 3.63) is 80.2 Å². The minimum absolute atomic E-state index is 0.140. The van der Waals surface area contributed by atoms with Crippen LogP contribution in [0.4, 0.5) is 0 Å². The molecule has 0 amide bonds. The fourth-order valence-corrected chi connectivity index (χ4v) is 2.76. The predicted octanol–water partition coefficient (Wildman–Crippen LogP) is 4.23. The number of fused-ring (bicyclic) bond motifs is 1. The zero-order valence-corrected chi connectivity index (χ0v) is 12.9. The van der Waals surface area contributed by atoms with Gasteiger partial charge in [0.05, 0.1) is 28.2 Å². The van der Waals surface area contributed by atoms with E-state index in [9.17, 15) is 4.79 Å². The monoisotopic (exact) mass is 328 g/mol. The van der Waals surface area contributed by atoms with Gasteiger partial charge >= 0.3 is 0 Å². The van der Waals surface area contributed by atoms with E-state index in [2.05, 4.69) is 6.07 Å². The topological polar surface area (TPSA) is 45.8 Å². The number of benzene rings is 2. The lowest BCUT2D eigenvalue weighted by molar-refractivity contribution is 0.768. The summed E-state index contributed by atoms with van der Waals surface area (Å²) < 4.78 is 1.59. The fraction of sp³-hybridized carbons (Fsp3) is 0.0588. The normalized spacial score (nSPS) is 10.6. The van der Waals surface area contributed by atoms with E-state index in [-0.39, 0.29) is 5.56 Å². The first kappa shape index (κ1) is 14.6.